The maximum absolute atomic E-state index is 13.0. The van der Waals surface area contributed by atoms with Crippen LogP contribution in [-0.4, -0.2) is 74.7 Å². The molecule has 1 heterocycles. The molecule has 1 saturated heterocycles. The van der Waals surface area contributed by atoms with E-state index in [1.54, 1.807) is 31.3 Å². The van der Waals surface area contributed by atoms with Crippen LogP contribution in [0, 0.1) is 0 Å². The third-order valence-electron chi connectivity index (χ3n) is 5.23. The smallest absolute Gasteiger partial charge is 0.337 e. The maximum atomic E-state index is 13.0. The Balaban J connectivity index is 1.73. The zero-order chi connectivity index (χ0) is 22.4. The largest absolute Gasteiger partial charge is 0.497 e. The summed E-state index contributed by atoms with van der Waals surface area (Å²) in [5.41, 5.74) is 1.70. The van der Waals surface area contributed by atoms with Gasteiger partial charge in [-0.2, -0.15) is 0 Å². The normalized spacial score (nSPS) is 16.6. The number of ether oxygens (including phenoxy) is 3. The Morgan fingerprint density at radius 2 is 1.58 bits per heavy atom. The molecule has 0 N–H and O–H groups in total. The van der Waals surface area contributed by atoms with E-state index in [2.05, 4.69) is 4.74 Å². The second-order valence-corrected chi connectivity index (χ2v) is 7.23. The molecule has 0 aromatic heterocycles. The first-order valence-electron chi connectivity index (χ1n) is 9.86. The molecule has 8 heteroatoms. The molecule has 2 amide bonds. The Kier molecular flexibility index (Phi) is 7.25. The average molecular weight is 426 g/mol. The highest BCUT2D eigenvalue weighted by atomic mass is 16.5. The van der Waals surface area contributed by atoms with Crippen molar-refractivity contribution in [3.63, 3.8) is 0 Å². The van der Waals surface area contributed by atoms with E-state index in [9.17, 15) is 14.4 Å². The van der Waals surface area contributed by atoms with Gasteiger partial charge in [0, 0.05) is 32.3 Å². The Labute approximate surface area is 181 Å². The van der Waals surface area contributed by atoms with Crippen molar-refractivity contribution in [1.29, 1.82) is 0 Å². The lowest BCUT2D eigenvalue weighted by Gasteiger charge is -2.23. The summed E-state index contributed by atoms with van der Waals surface area (Å²) in [7, 11) is 4.47. The van der Waals surface area contributed by atoms with E-state index in [0.29, 0.717) is 30.8 Å². The average Bonchev–Trinajstić information content (AvgIpc) is 2.97. The quantitative estimate of drug-likeness (QED) is 0.657. The van der Waals surface area contributed by atoms with Gasteiger partial charge in [-0.1, -0.05) is 12.1 Å². The molecule has 8 nitrogen and oxygen atoms in total. The molecule has 0 saturated carbocycles. The zero-order valence-electron chi connectivity index (χ0n) is 17.9. The van der Waals surface area contributed by atoms with Crippen molar-refractivity contribution >= 4 is 17.8 Å². The molecule has 0 spiro atoms. The van der Waals surface area contributed by atoms with Gasteiger partial charge in [0.25, 0.3) is 5.91 Å². The zero-order valence-corrected chi connectivity index (χ0v) is 17.9. The molecular formula is C23H26N2O6. The van der Waals surface area contributed by atoms with Crippen LogP contribution in [0.25, 0.3) is 0 Å². The number of rotatable bonds is 6. The minimum atomic E-state index is -0.474. The number of benzene rings is 2. The van der Waals surface area contributed by atoms with E-state index in [4.69, 9.17) is 9.47 Å². The summed E-state index contributed by atoms with van der Waals surface area (Å²) in [5, 5.41) is 0. The summed E-state index contributed by atoms with van der Waals surface area (Å²) in [6.07, 6.45) is -0.317. The molecule has 0 unspecified atom stereocenters. The van der Waals surface area contributed by atoms with Gasteiger partial charge < -0.3 is 24.0 Å². The van der Waals surface area contributed by atoms with Crippen molar-refractivity contribution in [2.45, 2.75) is 12.6 Å². The summed E-state index contributed by atoms with van der Waals surface area (Å²) in [6, 6.07) is 13.7. The first kappa shape index (κ1) is 22.3. The molecule has 0 aliphatic carbocycles. The lowest BCUT2D eigenvalue weighted by molar-refractivity contribution is -0.132. The fourth-order valence-corrected chi connectivity index (χ4v) is 3.44. The van der Waals surface area contributed by atoms with Gasteiger partial charge >= 0.3 is 5.97 Å². The molecular weight excluding hydrogens is 400 g/mol. The molecule has 0 bridgehead atoms. The molecule has 164 valence electrons. The first-order chi connectivity index (χ1) is 14.9. The van der Waals surface area contributed by atoms with E-state index in [0.717, 1.165) is 11.3 Å². The predicted molar refractivity (Wildman–Crippen MR) is 113 cm³/mol. The van der Waals surface area contributed by atoms with E-state index < -0.39 is 5.97 Å². The standard InChI is InChI=1S/C23H26N2O6/c1-29-19-10-4-16(5-11-19)12-24-13-20(30-2)14-25(15-21(24)26)22(27)17-6-8-18(9-7-17)23(28)31-3/h4-11,20H,12-15H2,1-3H3/t20-/m1/s1. The molecule has 3 rings (SSSR count). The van der Waals surface area contributed by atoms with Gasteiger partial charge in [0.2, 0.25) is 5.91 Å². The van der Waals surface area contributed by atoms with Crippen LogP contribution in [0.1, 0.15) is 26.3 Å². The maximum Gasteiger partial charge on any atom is 0.337 e. The summed E-state index contributed by atoms with van der Waals surface area (Å²) < 4.78 is 15.4. The van der Waals surface area contributed by atoms with Crippen molar-refractivity contribution in [1.82, 2.24) is 9.80 Å². The minimum absolute atomic E-state index is 0.0480. The van der Waals surface area contributed by atoms with Crippen LogP contribution < -0.4 is 4.74 Å². The number of amides is 2. The third kappa shape index (κ3) is 5.40. The van der Waals surface area contributed by atoms with Gasteiger partial charge in [-0.05, 0) is 42.0 Å². The predicted octanol–water partition coefficient (Wildman–Crippen LogP) is 1.98. The molecule has 31 heavy (non-hydrogen) atoms. The van der Waals surface area contributed by atoms with Crippen molar-refractivity contribution in [2.75, 3.05) is 41.0 Å². The minimum Gasteiger partial charge on any atom is -0.497 e. The second kappa shape index (κ2) is 10.1. The number of esters is 1. The highest BCUT2D eigenvalue weighted by Crippen LogP contribution is 2.17. The SMILES string of the molecule is COC(=O)c1ccc(C(=O)N2CC(=O)N(Cc3ccc(OC)cc3)C[C@@H](OC)C2)cc1. The first-order valence-corrected chi connectivity index (χ1v) is 9.86. The molecule has 2 aromatic rings. The van der Waals surface area contributed by atoms with Gasteiger partial charge in [0.05, 0.1) is 25.9 Å². The third-order valence-corrected chi connectivity index (χ3v) is 5.23. The van der Waals surface area contributed by atoms with Gasteiger partial charge in [-0.15, -0.1) is 0 Å². The fraction of sp³-hybridized carbons (Fsp3) is 0.348. The Hall–Kier alpha value is -3.39. The lowest BCUT2D eigenvalue weighted by Crippen LogP contribution is -2.39. The van der Waals surface area contributed by atoms with Crippen molar-refractivity contribution < 1.29 is 28.6 Å². The van der Waals surface area contributed by atoms with Gasteiger partial charge in [-0.25, -0.2) is 4.79 Å². The summed E-state index contributed by atoms with van der Waals surface area (Å²) in [5.74, 6) is -0.179. The number of carbonyl (C=O) groups excluding carboxylic acids is 3. The van der Waals surface area contributed by atoms with Crippen LogP contribution in [0.5, 0.6) is 5.75 Å². The number of hydrogen-bond donors (Lipinski definition) is 0. The lowest BCUT2D eigenvalue weighted by atomic mass is 10.1. The fourth-order valence-electron chi connectivity index (χ4n) is 3.44. The second-order valence-electron chi connectivity index (χ2n) is 7.23. The van der Waals surface area contributed by atoms with E-state index in [1.165, 1.54) is 24.1 Å². The molecule has 1 atom stereocenters. The molecule has 0 radical (unpaired) electrons. The van der Waals surface area contributed by atoms with E-state index in [1.807, 2.05) is 24.3 Å². The highest BCUT2D eigenvalue weighted by molar-refractivity contribution is 5.98. The molecule has 1 fully saturated rings. The van der Waals surface area contributed by atoms with Crippen LogP contribution in [0.4, 0.5) is 0 Å². The topological polar surface area (TPSA) is 85.4 Å². The Morgan fingerprint density at radius 3 is 2.16 bits per heavy atom. The van der Waals surface area contributed by atoms with Gasteiger partial charge in [0.1, 0.15) is 12.3 Å². The van der Waals surface area contributed by atoms with Gasteiger partial charge in [0.15, 0.2) is 0 Å². The van der Waals surface area contributed by atoms with E-state index in [-0.39, 0.29) is 24.5 Å². The Morgan fingerprint density at radius 1 is 0.935 bits per heavy atom. The van der Waals surface area contributed by atoms with Crippen molar-refractivity contribution in [3.8, 4) is 5.75 Å². The molecule has 1 aliphatic heterocycles. The summed E-state index contributed by atoms with van der Waals surface area (Å²) in [4.78, 5) is 40.7. The number of hydrogen-bond acceptors (Lipinski definition) is 6. The van der Waals surface area contributed by atoms with E-state index >= 15 is 0 Å². The van der Waals surface area contributed by atoms with Crippen molar-refractivity contribution in [2.24, 2.45) is 0 Å². The van der Waals surface area contributed by atoms with Crippen LogP contribution in [0.2, 0.25) is 0 Å². The molecule has 2 aromatic carbocycles. The number of carbonyl (C=O) groups is 3. The Bertz CT molecular complexity index is 926. The summed E-state index contributed by atoms with van der Waals surface area (Å²) in [6.45, 7) is 1.04. The van der Waals surface area contributed by atoms with Crippen molar-refractivity contribution in [3.05, 3.63) is 65.2 Å². The monoisotopic (exact) mass is 426 g/mol. The number of nitrogens with zero attached hydrogens (tertiary/aromatic N) is 2. The van der Waals surface area contributed by atoms with Crippen LogP contribution in [0.3, 0.4) is 0 Å². The highest BCUT2D eigenvalue weighted by Gasteiger charge is 2.31. The van der Waals surface area contributed by atoms with Crippen LogP contribution >= 0.6 is 0 Å². The van der Waals surface area contributed by atoms with Gasteiger partial charge in [-0.3, -0.25) is 9.59 Å². The van der Waals surface area contributed by atoms with Crippen LogP contribution in [0.15, 0.2) is 48.5 Å². The molecule has 1 aliphatic rings. The summed E-state index contributed by atoms with van der Waals surface area (Å²) >= 11 is 0. The van der Waals surface area contributed by atoms with Crippen LogP contribution in [-0.2, 0) is 20.8 Å². The number of methoxy groups -OCH3 is 3.